The lowest BCUT2D eigenvalue weighted by Gasteiger charge is -2.22. The molecular weight excluding hydrogens is 324 g/mol. The number of β-amino-alcohol motifs (C(OH)–C–C–N with tert-alkyl or cyclic N) is 1. The molecule has 1 unspecified atom stereocenters. The van der Waals surface area contributed by atoms with Gasteiger partial charge in [0.2, 0.25) is 0 Å². The third kappa shape index (κ3) is 9.07. The van der Waals surface area contributed by atoms with Crippen LogP contribution in [-0.4, -0.2) is 48.6 Å². The van der Waals surface area contributed by atoms with Crippen LogP contribution in [0.1, 0.15) is 44.5 Å². The molecule has 0 aliphatic carbocycles. The molecule has 0 fully saturated rings. The number of ether oxygens (including phenoxy) is 2. The summed E-state index contributed by atoms with van der Waals surface area (Å²) in [7, 11) is 0. The number of rotatable bonds is 8. The van der Waals surface area contributed by atoms with E-state index in [4.69, 9.17) is 9.47 Å². The highest BCUT2D eigenvalue weighted by molar-refractivity contribution is 5.91. The number of amides is 1. The van der Waals surface area contributed by atoms with Crippen molar-refractivity contribution in [2.24, 2.45) is 0 Å². The molecular formula is C18H28N2O5. The number of nitrogens with one attached hydrogen (secondary N) is 2. The van der Waals surface area contributed by atoms with Crippen molar-refractivity contribution < 1.29 is 24.2 Å². The van der Waals surface area contributed by atoms with E-state index in [2.05, 4.69) is 10.6 Å². The summed E-state index contributed by atoms with van der Waals surface area (Å²) in [6.07, 6.45) is -0.570. The van der Waals surface area contributed by atoms with Crippen LogP contribution in [0.4, 0.5) is 10.5 Å². The van der Waals surface area contributed by atoms with Gasteiger partial charge in [-0.05, 0) is 51.5 Å². The topological polar surface area (TPSA) is 96.9 Å². The molecule has 7 heteroatoms. The van der Waals surface area contributed by atoms with Crippen molar-refractivity contribution in [1.82, 2.24) is 5.32 Å². The Morgan fingerprint density at radius 2 is 1.80 bits per heavy atom. The van der Waals surface area contributed by atoms with Crippen molar-refractivity contribution in [3.05, 3.63) is 29.8 Å². The Bertz CT molecular complexity index is 552. The third-order valence-corrected chi connectivity index (χ3v) is 3.08. The highest BCUT2D eigenvalue weighted by Gasteiger charge is 2.15. The molecule has 7 nitrogen and oxygen atoms in total. The van der Waals surface area contributed by atoms with Crippen molar-refractivity contribution in [3.63, 3.8) is 0 Å². The summed E-state index contributed by atoms with van der Waals surface area (Å²) in [5.74, 6) is -0.532. The van der Waals surface area contributed by atoms with E-state index in [1.165, 1.54) is 12.1 Å². The van der Waals surface area contributed by atoms with Gasteiger partial charge < -0.3 is 19.9 Å². The SMILES string of the molecule is CCCOC(=O)Nc1ccc(C(=O)OCC(O)CNC(C)(C)C)cc1. The van der Waals surface area contributed by atoms with Crippen LogP contribution in [0.2, 0.25) is 0 Å². The van der Waals surface area contributed by atoms with E-state index in [0.717, 1.165) is 6.42 Å². The molecule has 0 aliphatic heterocycles. The second kappa shape index (κ2) is 10.0. The normalized spacial score (nSPS) is 12.4. The van der Waals surface area contributed by atoms with Crippen LogP contribution in [0.25, 0.3) is 0 Å². The van der Waals surface area contributed by atoms with E-state index in [0.29, 0.717) is 24.4 Å². The minimum Gasteiger partial charge on any atom is -0.459 e. The standard InChI is InChI=1S/C18H28N2O5/c1-5-10-24-17(23)20-14-8-6-13(7-9-14)16(22)25-12-15(21)11-19-18(2,3)4/h6-9,15,19,21H,5,10-12H2,1-4H3,(H,20,23). The predicted molar refractivity (Wildman–Crippen MR) is 95.7 cm³/mol. The number of carbonyl (C=O) groups excluding carboxylic acids is 2. The zero-order chi connectivity index (χ0) is 18.9. The minimum absolute atomic E-state index is 0.0920. The lowest BCUT2D eigenvalue weighted by Crippen LogP contribution is -2.42. The van der Waals surface area contributed by atoms with Gasteiger partial charge in [0.1, 0.15) is 12.7 Å². The number of hydrogen-bond donors (Lipinski definition) is 3. The molecule has 1 aromatic carbocycles. The first kappa shape index (κ1) is 20.9. The summed E-state index contributed by atoms with van der Waals surface area (Å²) in [6, 6.07) is 6.25. The zero-order valence-electron chi connectivity index (χ0n) is 15.3. The van der Waals surface area contributed by atoms with Gasteiger partial charge in [0.15, 0.2) is 0 Å². The fourth-order valence-corrected chi connectivity index (χ4v) is 1.78. The molecule has 0 bridgehead atoms. The minimum atomic E-state index is -0.780. The lowest BCUT2D eigenvalue weighted by molar-refractivity contribution is 0.0247. The Labute approximate surface area is 148 Å². The monoisotopic (exact) mass is 352 g/mol. The molecule has 1 amide bonds. The number of aliphatic hydroxyl groups excluding tert-OH is 1. The summed E-state index contributed by atoms with van der Waals surface area (Å²) in [5.41, 5.74) is 0.738. The molecule has 3 N–H and O–H groups in total. The first-order valence-corrected chi connectivity index (χ1v) is 8.35. The highest BCUT2D eigenvalue weighted by atomic mass is 16.5. The van der Waals surface area contributed by atoms with Gasteiger partial charge in [0.05, 0.1) is 12.2 Å². The molecule has 140 valence electrons. The van der Waals surface area contributed by atoms with E-state index in [9.17, 15) is 14.7 Å². The van der Waals surface area contributed by atoms with Crippen molar-refractivity contribution in [2.45, 2.75) is 45.8 Å². The second-order valence-electron chi connectivity index (χ2n) is 6.72. The average molecular weight is 352 g/mol. The molecule has 0 saturated carbocycles. The van der Waals surface area contributed by atoms with Gasteiger partial charge in [0, 0.05) is 17.8 Å². The molecule has 1 aromatic rings. The summed E-state index contributed by atoms with van der Waals surface area (Å²) < 4.78 is 10.00. The molecule has 0 saturated heterocycles. The van der Waals surface area contributed by atoms with Gasteiger partial charge in [-0.2, -0.15) is 0 Å². The summed E-state index contributed by atoms with van der Waals surface area (Å²) in [5, 5.41) is 15.5. The molecule has 0 spiro atoms. The van der Waals surface area contributed by atoms with Crippen molar-refractivity contribution in [2.75, 3.05) is 25.1 Å². The summed E-state index contributed by atoms with van der Waals surface area (Å²) >= 11 is 0. The number of hydrogen-bond acceptors (Lipinski definition) is 6. The molecule has 1 rings (SSSR count). The quantitative estimate of drug-likeness (QED) is 0.622. The smallest absolute Gasteiger partial charge is 0.411 e. The summed E-state index contributed by atoms with van der Waals surface area (Å²) in [6.45, 7) is 8.45. The van der Waals surface area contributed by atoms with E-state index in [1.807, 2.05) is 27.7 Å². The number of anilines is 1. The predicted octanol–water partition coefficient (Wildman–Crippen LogP) is 2.55. The van der Waals surface area contributed by atoms with Gasteiger partial charge in [-0.25, -0.2) is 9.59 Å². The Morgan fingerprint density at radius 1 is 1.16 bits per heavy atom. The molecule has 0 heterocycles. The van der Waals surface area contributed by atoms with Gasteiger partial charge in [0.25, 0.3) is 0 Å². The largest absolute Gasteiger partial charge is 0.459 e. The number of esters is 1. The van der Waals surface area contributed by atoms with Crippen LogP contribution >= 0.6 is 0 Å². The Hall–Kier alpha value is -2.12. The fourth-order valence-electron chi connectivity index (χ4n) is 1.78. The van der Waals surface area contributed by atoms with Crippen molar-refractivity contribution in [1.29, 1.82) is 0 Å². The third-order valence-electron chi connectivity index (χ3n) is 3.08. The van der Waals surface area contributed by atoms with Gasteiger partial charge in [-0.3, -0.25) is 5.32 Å². The van der Waals surface area contributed by atoms with Gasteiger partial charge >= 0.3 is 12.1 Å². The van der Waals surface area contributed by atoms with Crippen molar-refractivity contribution in [3.8, 4) is 0 Å². The fraction of sp³-hybridized carbons (Fsp3) is 0.556. The maximum absolute atomic E-state index is 12.0. The number of benzene rings is 1. The zero-order valence-corrected chi connectivity index (χ0v) is 15.3. The number of aliphatic hydroxyl groups is 1. The maximum Gasteiger partial charge on any atom is 0.411 e. The van der Waals surface area contributed by atoms with Crippen LogP contribution in [0, 0.1) is 0 Å². The van der Waals surface area contributed by atoms with E-state index < -0.39 is 18.2 Å². The van der Waals surface area contributed by atoms with Crippen LogP contribution in [0.3, 0.4) is 0 Å². The number of carbonyl (C=O) groups is 2. The van der Waals surface area contributed by atoms with Crippen LogP contribution in [0.5, 0.6) is 0 Å². The molecule has 0 aromatic heterocycles. The van der Waals surface area contributed by atoms with Crippen LogP contribution in [0.15, 0.2) is 24.3 Å². The Kier molecular flexibility index (Phi) is 8.37. The second-order valence-corrected chi connectivity index (χ2v) is 6.72. The van der Waals surface area contributed by atoms with Crippen molar-refractivity contribution >= 4 is 17.7 Å². The first-order valence-electron chi connectivity index (χ1n) is 8.35. The molecule has 25 heavy (non-hydrogen) atoms. The van der Waals surface area contributed by atoms with E-state index in [1.54, 1.807) is 12.1 Å². The highest BCUT2D eigenvalue weighted by Crippen LogP contribution is 2.11. The van der Waals surface area contributed by atoms with Gasteiger partial charge in [-0.1, -0.05) is 6.92 Å². The molecule has 0 aliphatic rings. The van der Waals surface area contributed by atoms with Crippen LogP contribution < -0.4 is 10.6 Å². The average Bonchev–Trinajstić information content (AvgIpc) is 2.56. The molecule has 1 atom stereocenters. The maximum atomic E-state index is 12.0. The Balaban J connectivity index is 2.42. The Morgan fingerprint density at radius 3 is 2.36 bits per heavy atom. The first-order chi connectivity index (χ1) is 11.7. The van der Waals surface area contributed by atoms with E-state index in [-0.39, 0.29) is 12.1 Å². The van der Waals surface area contributed by atoms with Gasteiger partial charge in [-0.15, -0.1) is 0 Å². The van der Waals surface area contributed by atoms with E-state index >= 15 is 0 Å². The lowest BCUT2D eigenvalue weighted by atomic mass is 10.1. The molecule has 0 radical (unpaired) electrons. The van der Waals surface area contributed by atoms with Crippen LogP contribution in [-0.2, 0) is 9.47 Å². The summed E-state index contributed by atoms with van der Waals surface area (Å²) in [4.78, 5) is 23.4.